The largest absolute Gasteiger partial charge is 0.271 e. The molecule has 0 spiro atoms. The predicted octanol–water partition coefficient (Wildman–Crippen LogP) is 2.83. The fourth-order valence-electron chi connectivity index (χ4n) is 2.55. The standard InChI is InChI=1S/C11H18N2S/c1-11(6-2-3-7-11)10(13-12)9-5-4-8-14-9/h4-5,8,10,13H,2-3,6-7,12H2,1H3. The first kappa shape index (κ1) is 10.1. The molecular weight excluding hydrogens is 192 g/mol. The summed E-state index contributed by atoms with van der Waals surface area (Å²) in [6.07, 6.45) is 5.28. The van der Waals surface area contributed by atoms with E-state index in [1.54, 1.807) is 11.3 Å². The molecule has 0 amide bonds. The zero-order chi connectivity index (χ0) is 10.0. The molecule has 14 heavy (non-hydrogen) atoms. The Kier molecular flexibility index (Phi) is 2.91. The zero-order valence-corrected chi connectivity index (χ0v) is 9.44. The van der Waals surface area contributed by atoms with E-state index in [-0.39, 0.29) is 0 Å². The number of hydrogen-bond acceptors (Lipinski definition) is 3. The summed E-state index contributed by atoms with van der Waals surface area (Å²) >= 11 is 1.80. The van der Waals surface area contributed by atoms with Crippen LogP contribution >= 0.6 is 11.3 Å². The highest BCUT2D eigenvalue weighted by atomic mass is 32.1. The van der Waals surface area contributed by atoms with Crippen molar-refractivity contribution in [1.29, 1.82) is 0 Å². The second kappa shape index (κ2) is 4.01. The van der Waals surface area contributed by atoms with E-state index in [4.69, 9.17) is 5.84 Å². The second-order valence-electron chi connectivity index (χ2n) is 4.48. The fourth-order valence-corrected chi connectivity index (χ4v) is 3.51. The van der Waals surface area contributed by atoms with Crippen LogP contribution in [0.4, 0.5) is 0 Å². The number of hydrogen-bond donors (Lipinski definition) is 2. The average molecular weight is 210 g/mol. The number of hydrazine groups is 1. The lowest BCUT2D eigenvalue weighted by Gasteiger charge is -2.32. The first-order valence-electron chi connectivity index (χ1n) is 5.26. The van der Waals surface area contributed by atoms with Gasteiger partial charge in [0.1, 0.15) is 0 Å². The van der Waals surface area contributed by atoms with E-state index < -0.39 is 0 Å². The molecule has 0 radical (unpaired) electrons. The topological polar surface area (TPSA) is 38.0 Å². The summed E-state index contributed by atoms with van der Waals surface area (Å²) in [4.78, 5) is 1.37. The molecule has 2 rings (SSSR count). The minimum absolute atomic E-state index is 0.338. The summed E-state index contributed by atoms with van der Waals surface area (Å²) in [5.74, 6) is 5.69. The highest BCUT2D eigenvalue weighted by Crippen LogP contribution is 2.47. The molecule has 0 bridgehead atoms. The van der Waals surface area contributed by atoms with E-state index >= 15 is 0 Å². The van der Waals surface area contributed by atoms with Gasteiger partial charge in [0.05, 0.1) is 6.04 Å². The molecular formula is C11H18N2S. The van der Waals surface area contributed by atoms with Crippen LogP contribution in [0.15, 0.2) is 17.5 Å². The Balaban J connectivity index is 2.20. The molecule has 2 nitrogen and oxygen atoms in total. The van der Waals surface area contributed by atoms with Crippen LogP contribution in [0, 0.1) is 5.41 Å². The van der Waals surface area contributed by atoms with E-state index in [2.05, 4.69) is 29.9 Å². The van der Waals surface area contributed by atoms with Crippen molar-refractivity contribution in [1.82, 2.24) is 5.43 Å². The van der Waals surface area contributed by atoms with Crippen molar-refractivity contribution in [2.24, 2.45) is 11.3 Å². The Morgan fingerprint density at radius 3 is 2.71 bits per heavy atom. The van der Waals surface area contributed by atoms with Gasteiger partial charge < -0.3 is 0 Å². The highest BCUT2D eigenvalue weighted by molar-refractivity contribution is 7.10. The minimum Gasteiger partial charge on any atom is -0.271 e. The van der Waals surface area contributed by atoms with Crippen molar-refractivity contribution in [2.75, 3.05) is 0 Å². The smallest absolute Gasteiger partial charge is 0.0606 e. The van der Waals surface area contributed by atoms with Crippen LogP contribution in [0.3, 0.4) is 0 Å². The first-order valence-corrected chi connectivity index (χ1v) is 6.14. The number of thiophene rings is 1. The summed E-state index contributed by atoms with van der Waals surface area (Å²) in [5.41, 5.74) is 3.36. The normalized spacial score (nSPS) is 22.4. The molecule has 1 saturated carbocycles. The van der Waals surface area contributed by atoms with Gasteiger partial charge in [-0.25, -0.2) is 0 Å². The van der Waals surface area contributed by atoms with Crippen molar-refractivity contribution in [3.63, 3.8) is 0 Å². The van der Waals surface area contributed by atoms with Crippen molar-refractivity contribution in [3.05, 3.63) is 22.4 Å². The van der Waals surface area contributed by atoms with Gasteiger partial charge in [0.25, 0.3) is 0 Å². The maximum absolute atomic E-state index is 5.69. The number of nitrogens with two attached hydrogens (primary N) is 1. The van der Waals surface area contributed by atoms with Gasteiger partial charge in [0.15, 0.2) is 0 Å². The van der Waals surface area contributed by atoms with Gasteiger partial charge in [0, 0.05) is 4.88 Å². The Bertz CT molecular complexity index is 275. The lowest BCUT2D eigenvalue weighted by molar-refractivity contribution is 0.228. The molecule has 1 atom stereocenters. The molecule has 1 aromatic heterocycles. The van der Waals surface area contributed by atoms with Gasteiger partial charge in [-0.3, -0.25) is 11.3 Å². The van der Waals surface area contributed by atoms with Crippen molar-refractivity contribution in [3.8, 4) is 0 Å². The zero-order valence-electron chi connectivity index (χ0n) is 8.62. The van der Waals surface area contributed by atoms with Crippen LogP contribution in [0.5, 0.6) is 0 Å². The van der Waals surface area contributed by atoms with Crippen LogP contribution in [0.2, 0.25) is 0 Å². The monoisotopic (exact) mass is 210 g/mol. The molecule has 3 heteroatoms. The maximum atomic E-state index is 5.69. The SMILES string of the molecule is CC1(C(NN)c2cccs2)CCCC1. The first-order chi connectivity index (χ1) is 6.76. The van der Waals surface area contributed by atoms with Crippen LogP contribution in [-0.2, 0) is 0 Å². The van der Waals surface area contributed by atoms with Crippen molar-refractivity contribution >= 4 is 11.3 Å². The number of nitrogens with one attached hydrogen (secondary N) is 1. The van der Waals surface area contributed by atoms with Crippen LogP contribution in [0.25, 0.3) is 0 Å². The summed E-state index contributed by atoms with van der Waals surface area (Å²) in [6.45, 7) is 2.35. The molecule has 0 aromatic carbocycles. The summed E-state index contributed by atoms with van der Waals surface area (Å²) in [7, 11) is 0. The third-order valence-electron chi connectivity index (χ3n) is 3.44. The molecule has 1 aromatic rings. The Morgan fingerprint density at radius 2 is 2.21 bits per heavy atom. The quantitative estimate of drug-likeness (QED) is 0.594. The number of rotatable bonds is 3. The van der Waals surface area contributed by atoms with E-state index in [0.29, 0.717) is 11.5 Å². The van der Waals surface area contributed by atoms with Crippen LogP contribution in [-0.4, -0.2) is 0 Å². The van der Waals surface area contributed by atoms with E-state index in [1.807, 2.05) is 0 Å². The molecule has 3 N–H and O–H groups in total. The molecule has 78 valence electrons. The van der Waals surface area contributed by atoms with Crippen molar-refractivity contribution in [2.45, 2.75) is 38.6 Å². The van der Waals surface area contributed by atoms with E-state index in [1.165, 1.54) is 30.6 Å². The molecule has 1 fully saturated rings. The molecule has 1 aliphatic rings. The van der Waals surface area contributed by atoms with Gasteiger partial charge in [-0.1, -0.05) is 25.8 Å². The lowest BCUT2D eigenvalue weighted by atomic mass is 9.80. The minimum atomic E-state index is 0.338. The summed E-state index contributed by atoms with van der Waals surface area (Å²) < 4.78 is 0. The summed E-state index contributed by atoms with van der Waals surface area (Å²) in [5, 5.41) is 2.12. The van der Waals surface area contributed by atoms with Crippen LogP contribution < -0.4 is 11.3 Å². The Labute approximate surface area is 89.5 Å². The van der Waals surface area contributed by atoms with E-state index in [9.17, 15) is 0 Å². The van der Waals surface area contributed by atoms with Gasteiger partial charge in [-0.2, -0.15) is 0 Å². The van der Waals surface area contributed by atoms with Crippen LogP contribution in [0.1, 0.15) is 43.5 Å². The molecule has 1 unspecified atom stereocenters. The molecule has 1 aliphatic carbocycles. The second-order valence-corrected chi connectivity index (χ2v) is 5.46. The van der Waals surface area contributed by atoms with Gasteiger partial charge in [-0.05, 0) is 29.7 Å². The average Bonchev–Trinajstić information content (AvgIpc) is 2.78. The molecule has 0 saturated heterocycles. The lowest BCUT2D eigenvalue weighted by Crippen LogP contribution is -2.38. The fraction of sp³-hybridized carbons (Fsp3) is 0.636. The highest BCUT2D eigenvalue weighted by Gasteiger charge is 2.37. The third kappa shape index (κ3) is 1.72. The van der Waals surface area contributed by atoms with Gasteiger partial charge in [-0.15, -0.1) is 11.3 Å². The van der Waals surface area contributed by atoms with Crippen molar-refractivity contribution < 1.29 is 0 Å². The predicted molar refractivity (Wildman–Crippen MR) is 61.0 cm³/mol. The molecule has 0 aliphatic heterocycles. The summed E-state index contributed by atoms with van der Waals surface area (Å²) in [6, 6.07) is 4.62. The Morgan fingerprint density at radius 1 is 1.50 bits per heavy atom. The molecule has 1 heterocycles. The Hall–Kier alpha value is -0.380. The van der Waals surface area contributed by atoms with Gasteiger partial charge in [0.2, 0.25) is 0 Å². The third-order valence-corrected chi connectivity index (χ3v) is 4.37. The van der Waals surface area contributed by atoms with E-state index in [0.717, 1.165) is 0 Å². The maximum Gasteiger partial charge on any atom is 0.0606 e. The van der Waals surface area contributed by atoms with Gasteiger partial charge >= 0.3 is 0 Å².